The number of ether oxygens (including phenoxy) is 1. The molecule has 10 nitrogen and oxygen atoms in total. The molecule has 0 atom stereocenters. The Balaban J connectivity index is 1.27. The lowest BCUT2D eigenvalue weighted by Crippen LogP contribution is -2.20. The average Bonchev–Trinajstić information content (AvgIpc) is 3.58. The SMILES string of the molecule is CC(C)n1cnnc1-c1cccc(NC(=O)c2cccc(Oc3cnc(N4CCCC4)nc3)c2)n1. The predicted molar refractivity (Wildman–Crippen MR) is 132 cm³/mol. The van der Waals surface area contributed by atoms with Gasteiger partial charge in [0.05, 0.1) is 12.4 Å². The van der Waals surface area contributed by atoms with Crippen molar-refractivity contribution in [2.75, 3.05) is 23.3 Å². The minimum absolute atomic E-state index is 0.185. The lowest BCUT2D eigenvalue weighted by molar-refractivity contribution is 0.102. The first-order chi connectivity index (χ1) is 17.1. The molecule has 1 saturated heterocycles. The minimum Gasteiger partial charge on any atom is -0.454 e. The molecule has 35 heavy (non-hydrogen) atoms. The van der Waals surface area contributed by atoms with Crippen molar-refractivity contribution in [2.45, 2.75) is 32.7 Å². The molecule has 4 aromatic rings. The first kappa shape index (κ1) is 22.5. The van der Waals surface area contributed by atoms with E-state index in [1.807, 2.05) is 30.5 Å². The van der Waals surface area contributed by atoms with Crippen LogP contribution < -0.4 is 15.0 Å². The molecule has 0 aliphatic carbocycles. The van der Waals surface area contributed by atoms with Crippen LogP contribution in [0.15, 0.2) is 61.2 Å². The number of hydrogen-bond acceptors (Lipinski definition) is 8. The van der Waals surface area contributed by atoms with E-state index < -0.39 is 0 Å². The Hall–Kier alpha value is -4.34. The third-order valence-electron chi connectivity index (χ3n) is 5.68. The summed E-state index contributed by atoms with van der Waals surface area (Å²) in [6.45, 7) is 6.04. The number of nitrogens with one attached hydrogen (secondary N) is 1. The van der Waals surface area contributed by atoms with Gasteiger partial charge in [0.25, 0.3) is 5.91 Å². The third-order valence-corrected chi connectivity index (χ3v) is 5.68. The van der Waals surface area contributed by atoms with Gasteiger partial charge in [0.1, 0.15) is 23.6 Å². The molecule has 0 saturated carbocycles. The second-order valence-corrected chi connectivity index (χ2v) is 8.56. The third kappa shape index (κ3) is 5.11. The summed E-state index contributed by atoms with van der Waals surface area (Å²) in [5, 5.41) is 11.0. The molecule has 0 bridgehead atoms. The largest absolute Gasteiger partial charge is 0.454 e. The van der Waals surface area contributed by atoms with Gasteiger partial charge >= 0.3 is 0 Å². The number of nitrogens with zero attached hydrogens (tertiary/aromatic N) is 7. The van der Waals surface area contributed by atoms with Gasteiger partial charge in [-0.15, -0.1) is 10.2 Å². The predicted octanol–water partition coefficient (Wildman–Crippen LogP) is 4.36. The highest BCUT2D eigenvalue weighted by Crippen LogP contribution is 2.24. The summed E-state index contributed by atoms with van der Waals surface area (Å²) in [6.07, 6.45) is 7.30. The highest BCUT2D eigenvalue weighted by atomic mass is 16.5. The van der Waals surface area contributed by atoms with Gasteiger partial charge in [0, 0.05) is 24.7 Å². The van der Waals surface area contributed by atoms with Gasteiger partial charge < -0.3 is 19.5 Å². The normalized spacial score (nSPS) is 13.3. The van der Waals surface area contributed by atoms with Gasteiger partial charge in [-0.05, 0) is 57.0 Å². The zero-order valence-electron chi connectivity index (χ0n) is 19.6. The van der Waals surface area contributed by atoms with Crippen LogP contribution in [0, 0.1) is 0 Å². The number of benzene rings is 1. The second-order valence-electron chi connectivity index (χ2n) is 8.56. The Morgan fingerprint density at radius 1 is 1.03 bits per heavy atom. The zero-order valence-corrected chi connectivity index (χ0v) is 19.6. The fraction of sp³-hybridized carbons (Fsp3) is 0.280. The molecule has 10 heteroatoms. The molecule has 3 aromatic heterocycles. The smallest absolute Gasteiger partial charge is 0.256 e. The van der Waals surface area contributed by atoms with Crippen LogP contribution in [0.2, 0.25) is 0 Å². The molecule has 178 valence electrons. The molecule has 1 fully saturated rings. The van der Waals surface area contributed by atoms with Gasteiger partial charge in [-0.25, -0.2) is 15.0 Å². The van der Waals surface area contributed by atoms with Gasteiger partial charge in [-0.3, -0.25) is 4.79 Å². The van der Waals surface area contributed by atoms with Crippen molar-refractivity contribution in [2.24, 2.45) is 0 Å². The summed E-state index contributed by atoms with van der Waals surface area (Å²) in [4.78, 5) is 28.4. The summed E-state index contributed by atoms with van der Waals surface area (Å²) < 4.78 is 7.81. The maximum absolute atomic E-state index is 12.9. The molecule has 0 unspecified atom stereocenters. The fourth-order valence-corrected chi connectivity index (χ4v) is 3.90. The Kier molecular flexibility index (Phi) is 6.34. The molecule has 1 N–H and O–H groups in total. The molecule has 1 aliphatic rings. The van der Waals surface area contributed by atoms with E-state index in [1.54, 1.807) is 49.1 Å². The lowest BCUT2D eigenvalue weighted by atomic mass is 10.2. The number of amides is 1. The van der Waals surface area contributed by atoms with Crippen LogP contribution in [0.25, 0.3) is 11.5 Å². The first-order valence-corrected chi connectivity index (χ1v) is 11.6. The van der Waals surface area contributed by atoms with Crippen molar-refractivity contribution in [3.05, 3.63) is 66.7 Å². The number of rotatable bonds is 7. The number of aromatic nitrogens is 6. The molecule has 5 rings (SSSR count). The van der Waals surface area contributed by atoms with Crippen molar-refractivity contribution in [1.82, 2.24) is 29.7 Å². The average molecular weight is 471 g/mol. The molecular formula is C25H26N8O2. The first-order valence-electron chi connectivity index (χ1n) is 11.6. The van der Waals surface area contributed by atoms with E-state index >= 15 is 0 Å². The van der Waals surface area contributed by atoms with Crippen molar-refractivity contribution in [3.63, 3.8) is 0 Å². The Labute approximate surface area is 203 Å². The highest BCUT2D eigenvalue weighted by Gasteiger charge is 2.16. The quantitative estimate of drug-likeness (QED) is 0.424. The standard InChI is InChI=1S/C25H26N8O2/c1-17(2)33-16-28-31-23(33)21-9-6-10-22(29-21)30-24(34)18-7-5-8-19(13-18)35-20-14-26-25(27-15-20)32-11-3-4-12-32/h5-10,13-17H,3-4,11-12H2,1-2H3,(H,29,30,34). The molecule has 0 radical (unpaired) electrons. The maximum Gasteiger partial charge on any atom is 0.256 e. The monoisotopic (exact) mass is 470 g/mol. The van der Waals surface area contributed by atoms with Gasteiger partial charge in [-0.1, -0.05) is 12.1 Å². The minimum atomic E-state index is -0.300. The summed E-state index contributed by atoms with van der Waals surface area (Å²) in [5.74, 6) is 2.50. The Morgan fingerprint density at radius 2 is 1.80 bits per heavy atom. The summed E-state index contributed by atoms with van der Waals surface area (Å²) in [7, 11) is 0. The number of carbonyl (C=O) groups excluding carboxylic acids is 1. The molecule has 1 aliphatic heterocycles. The van der Waals surface area contributed by atoms with E-state index in [0.29, 0.717) is 40.3 Å². The molecule has 1 aromatic carbocycles. The topological polar surface area (TPSA) is 111 Å². The van der Waals surface area contributed by atoms with Crippen LogP contribution in [-0.2, 0) is 0 Å². The summed E-state index contributed by atoms with van der Waals surface area (Å²) in [5.41, 5.74) is 1.07. The van der Waals surface area contributed by atoms with Crippen LogP contribution in [0.3, 0.4) is 0 Å². The van der Waals surface area contributed by atoms with Crippen molar-refractivity contribution < 1.29 is 9.53 Å². The number of pyridine rings is 1. The number of hydrogen-bond donors (Lipinski definition) is 1. The zero-order chi connectivity index (χ0) is 24.2. The van der Waals surface area contributed by atoms with Gasteiger partial charge in [0.2, 0.25) is 5.95 Å². The lowest BCUT2D eigenvalue weighted by Gasteiger charge is -2.14. The molecule has 1 amide bonds. The van der Waals surface area contributed by atoms with Crippen molar-refractivity contribution in [3.8, 4) is 23.0 Å². The van der Waals surface area contributed by atoms with E-state index in [2.05, 4.69) is 35.4 Å². The van der Waals surface area contributed by atoms with Gasteiger partial charge in [0.15, 0.2) is 11.6 Å². The molecular weight excluding hydrogens is 444 g/mol. The molecule has 4 heterocycles. The summed E-state index contributed by atoms with van der Waals surface area (Å²) >= 11 is 0. The van der Waals surface area contributed by atoms with E-state index in [-0.39, 0.29) is 11.9 Å². The second kappa shape index (κ2) is 9.88. The van der Waals surface area contributed by atoms with E-state index in [9.17, 15) is 4.79 Å². The molecule has 0 spiro atoms. The highest BCUT2D eigenvalue weighted by molar-refractivity contribution is 6.04. The number of anilines is 2. The van der Waals surface area contributed by atoms with Gasteiger partial charge in [-0.2, -0.15) is 0 Å². The van der Waals surface area contributed by atoms with E-state index in [4.69, 9.17) is 4.74 Å². The van der Waals surface area contributed by atoms with Crippen LogP contribution >= 0.6 is 0 Å². The maximum atomic E-state index is 12.9. The Bertz CT molecular complexity index is 1310. The van der Waals surface area contributed by atoms with E-state index in [0.717, 1.165) is 25.9 Å². The van der Waals surface area contributed by atoms with Crippen LogP contribution in [0.5, 0.6) is 11.5 Å². The Morgan fingerprint density at radius 3 is 2.57 bits per heavy atom. The van der Waals surface area contributed by atoms with Crippen LogP contribution in [0.4, 0.5) is 11.8 Å². The van der Waals surface area contributed by atoms with Crippen LogP contribution in [0.1, 0.15) is 43.1 Å². The number of carbonyl (C=O) groups is 1. The summed E-state index contributed by atoms with van der Waals surface area (Å²) in [6, 6.07) is 12.5. The van der Waals surface area contributed by atoms with Crippen LogP contribution in [-0.4, -0.2) is 48.7 Å². The van der Waals surface area contributed by atoms with E-state index in [1.165, 1.54) is 0 Å². The van der Waals surface area contributed by atoms with Crippen molar-refractivity contribution in [1.29, 1.82) is 0 Å². The van der Waals surface area contributed by atoms with Crippen molar-refractivity contribution >= 4 is 17.7 Å². The fourth-order valence-electron chi connectivity index (χ4n) is 3.90.